The van der Waals surface area contributed by atoms with Crippen LogP contribution < -0.4 is 9.62 Å². The van der Waals surface area contributed by atoms with Gasteiger partial charge in [-0.2, -0.15) is 4.98 Å². The van der Waals surface area contributed by atoms with Crippen LogP contribution in [0, 0.1) is 0 Å². The van der Waals surface area contributed by atoms with Crippen molar-refractivity contribution in [3.63, 3.8) is 0 Å². The van der Waals surface area contributed by atoms with Gasteiger partial charge in [-0.15, -0.1) is 10.2 Å². The quantitative estimate of drug-likeness (QED) is 0.345. The number of aliphatic hydroxyl groups is 1. The highest BCUT2D eigenvalue weighted by molar-refractivity contribution is 7.89. The van der Waals surface area contributed by atoms with Crippen molar-refractivity contribution in [1.82, 2.24) is 24.3 Å². The Kier molecular flexibility index (Phi) is 6.12. The SMILES string of the molecule is CN(c1cccc(-c2ccc(S(=O)(=O)NCCO)cc2)c1)c1nc2nncn2c2cc(Cl)ccc12. The minimum atomic E-state index is -3.66. The van der Waals surface area contributed by atoms with Crippen LogP contribution in [-0.4, -0.2) is 53.3 Å². The molecule has 2 N–H and O–H groups in total. The smallest absolute Gasteiger partial charge is 0.257 e. The summed E-state index contributed by atoms with van der Waals surface area (Å²) in [6, 6.07) is 20.1. The van der Waals surface area contributed by atoms with Gasteiger partial charge in [-0.05, 0) is 53.6 Å². The molecule has 0 aliphatic rings. The first-order valence-electron chi connectivity index (χ1n) is 10.7. The van der Waals surface area contributed by atoms with E-state index in [1.165, 1.54) is 0 Å². The molecule has 0 saturated carbocycles. The zero-order valence-corrected chi connectivity index (χ0v) is 20.2. The summed E-state index contributed by atoms with van der Waals surface area (Å²) in [5.74, 6) is 1.16. The third-order valence-corrected chi connectivity index (χ3v) is 7.36. The fourth-order valence-electron chi connectivity index (χ4n) is 3.89. The van der Waals surface area contributed by atoms with Crippen LogP contribution in [0.1, 0.15) is 0 Å². The molecule has 0 amide bonds. The van der Waals surface area contributed by atoms with E-state index in [9.17, 15) is 8.42 Å². The van der Waals surface area contributed by atoms with Gasteiger partial charge in [0.15, 0.2) is 0 Å². The molecule has 11 heteroatoms. The van der Waals surface area contributed by atoms with Crippen LogP contribution in [0.25, 0.3) is 27.8 Å². The van der Waals surface area contributed by atoms with Crippen LogP contribution in [0.2, 0.25) is 5.02 Å². The summed E-state index contributed by atoms with van der Waals surface area (Å²) in [6.07, 6.45) is 1.61. The van der Waals surface area contributed by atoms with E-state index in [-0.39, 0.29) is 18.0 Å². The molecule has 0 unspecified atom stereocenters. The molecule has 0 radical (unpaired) electrons. The Labute approximate surface area is 206 Å². The number of aliphatic hydroxyl groups excluding tert-OH is 1. The number of hydrogen-bond acceptors (Lipinski definition) is 7. The highest BCUT2D eigenvalue weighted by Gasteiger charge is 2.16. The van der Waals surface area contributed by atoms with Crippen molar-refractivity contribution in [2.24, 2.45) is 0 Å². The van der Waals surface area contributed by atoms with E-state index in [0.29, 0.717) is 16.6 Å². The second kappa shape index (κ2) is 9.23. The normalized spacial score (nSPS) is 11.9. The summed E-state index contributed by atoms with van der Waals surface area (Å²) >= 11 is 6.25. The van der Waals surface area contributed by atoms with Crippen LogP contribution in [0.4, 0.5) is 11.5 Å². The lowest BCUT2D eigenvalue weighted by Crippen LogP contribution is -2.26. The fourth-order valence-corrected chi connectivity index (χ4v) is 5.07. The molecular formula is C24H21ClN6O3S. The van der Waals surface area contributed by atoms with Crippen LogP contribution in [-0.2, 0) is 10.0 Å². The number of anilines is 2. The molecule has 0 atom stereocenters. The van der Waals surface area contributed by atoms with E-state index in [1.807, 2.05) is 54.4 Å². The van der Waals surface area contributed by atoms with Crippen LogP contribution in [0.3, 0.4) is 0 Å². The van der Waals surface area contributed by atoms with E-state index >= 15 is 0 Å². The Hall–Kier alpha value is -3.57. The number of sulfonamides is 1. The number of fused-ring (bicyclic) bond motifs is 3. The molecule has 35 heavy (non-hydrogen) atoms. The third kappa shape index (κ3) is 4.44. The topological polar surface area (TPSA) is 113 Å². The summed E-state index contributed by atoms with van der Waals surface area (Å²) in [5, 5.41) is 18.5. The van der Waals surface area contributed by atoms with Crippen molar-refractivity contribution in [3.05, 3.63) is 78.1 Å². The molecule has 0 spiro atoms. The summed E-state index contributed by atoms with van der Waals surface area (Å²) < 4.78 is 28.7. The lowest BCUT2D eigenvalue weighted by molar-refractivity contribution is 0.301. The third-order valence-electron chi connectivity index (χ3n) is 5.65. The van der Waals surface area contributed by atoms with Crippen molar-refractivity contribution >= 4 is 49.8 Å². The van der Waals surface area contributed by atoms with Crippen molar-refractivity contribution < 1.29 is 13.5 Å². The van der Waals surface area contributed by atoms with Gasteiger partial charge in [-0.3, -0.25) is 4.40 Å². The molecule has 0 bridgehead atoms. The molecule has 5 aromatic rings. The Morgan fingerprint density at radius 2 is 1.86 bits per heavy atom. The van der Waals surface area contributed by atoms with Gasteiger partial charge in [-0.1, -0.05) is 35.9 Å². The fraction of sp³-hybridized carbons (Fsp3) is 0.125. The number of benzene rings is 3. The predicted octanol–water partition coefficient (Wildman–Crippen LogP) is 3.64. The Morgan fingerprint density at radius 3 is 2.63 bits per heavy atom. The molecule has 3 aromatic carbocycles. The zero-order valence-electron chi connectivity index (χ0n) is 18.6. The first-order valence-corrected chi connectivity index (χ1v) is 12.6. The first kappa shape index (κ1) is 23.2. The summed E-state index contributed by atoms with van der Waals surface area (Å²) in [5.41, 5.74) is 3.50. The average Bonchev–Trinajstić information content (AvgIpc) is 3.36. The first-order chi connectivity index (χ1) is 16.9. The van der Waals surface area contributed by atoms with Crippen LogP contribution >= 0.6 is 11.6 Å². The molecule has 2 aromatic heterocycles. The van der Waals surface area contributed by atoms with E-state index in [0.717, 1.165) is 27.7 Å². The standard InChI is InChI=1S/C24H21ClN6O3S/c1-30(23-21-10-7-18(25)14-22(21)31-15-26-29-24(31)28-23)19-4-2-3-17(13-19)16-5-8-20(9-6-16)35(33,34)27-11-12-32/h2-10,13-15,27,32H,11-12H2,1H3. The molecule has 9 nitrogen and oxygen atoms in total. The Morgan fingerprint density at radius 1 is 1.06 bits per heavy atom. The predicted molar refractivity (Wildman–Crippen MR) is 136 cm³/mol. The van der Waals surface area contributed by atoms with Gasteiger partial charge < -0.3 is 10.0 Å². The molecule has 0 saturated heterocycles. The van der Waals surface area contributed by atoms with Gasteiger partial charge in [0.05, 0.1) is 17.0 Å². The second-order valence-corrected chi connectivity index (χ2v) is 10.1. The molecular weight excluding hydrogens is 488 g/mol. The second-order valence-electron chi connectivity index (χ2n) is 7.85. The largest absolute Gasteiger partial charge is 0.395 e. The maximum Gasteiger partial charge on any atom is 0.257 e. The molecule has 0 fully saturated rings. The monoisotopic (exact) mass is 508 g/mol. The van der Waals surface area contributed by atoms with Crippen molar-refractivity contribution in [2.75, 3.05) is 25.1 Å². The molecule has 2 heterocycles. The highest BCUT2D eigenvalue weighted by atomic mass is 35.5. The summed E-state index contributed by atoms with van der Waals surface area (Å²) in [4.78, 5) is 6.82. The van der Waals surface area contributed by atoms with Crippen molar-refractivity contribution in [2.45, 2.75) is 4.90 Å². The van der Waals surface area contributed by atoms with Gasteiger partial charge in [0.1, 0.15) is 12.1 Å². The molecule has 0 aliphatic heterocycles. The van der Waals surface area contributed by atoms with Gasteiger partial charge in [0.25, 0.3) is 5.78 Å². The van der Waals surface area contributed by atoms with Crippen LogP contribution in [0.5, 0.6) is 0 Å². The average molecular weight is 509 g/mol. The number of nitrogens with one attached hydrogen (secondary N) is 1. The van der Waals surface area contributed by atoms with Crippen molar-refractivity contribution in [1.29, 1.82) is 0 Å². The van der Waals surface area contributed by atoms with Gasteiger partial charge >= 0.3 is 0 Å². The van der Waals surface area contributed by atoms with E-state index in [4.69, 9.17) is 21.7 Å². The minimum Gasteiger partial charge on any atom is -0.395 e. The van der Waals surface area contributed by atoms with Gasteiger partial charge in [-0.25, -0.2) is 13.1 Å². The highest BCUT2D eigenvalue weighted by Crippen LogP contribution is 2.33. The molecule has 178 valence electrons. The Balaban J connectivity index is 1.51. The van der Waals surface area contributed by atoms with E-state index < -0.39 is 10.0 Å². The summed E-state index contributed by atoms with van der Waals surface area (Å²) in [7, 11) is -1.74. The number of hydrogen-bond donors (Lipinski definition) is 2. The summed E-state index contributed by atoms with van der Waals surface area (Å²) in [6.45, 7) is -0.299. The van der Waals surface area contributed by atoms with Crippen molar-refractivity contribution in [3.8, 4) is 11.1 Å². The van der Waals surface area contributed by atoms with Crippen LogP contribution in [0.15, 0.2) is 78.0 Å². The number of nitrogens with zero attached hydrogens (tertiary/aromatic N) is 5. The zero-order chi connectivity index (χ0) is 24.6. The van der Waals surface area contributed by atoms with Gasteiger partial charge in [0.2, 0.25) is 10.0 Å². The number of halogens is 1. The number of aromatic nitrogens is 4. The minimum absolute atomic E-state index is 0.0337. The van der Waals surface area contributed by atoms with Gasteiger partial charge in [0, 0.05) is 29.7 Å². The van der Waals surface area contributed by atoms with E-state index in [2.05, 4.69) is 14.9 Å². The maximum absolute atomic E-state index is 12.3. The maximum atomic E-state index is 12.3. The number of rotatable bonds is 7. The molecule has 0 aliphatic carbocycles. The molecule has 5 rings (SSSR count). The Bertz CT molecular complexity index is 1640. The van der Waals surface area contributed by atoms with E-state index in [1.54, 1.807) is 35.0 Å². The lowest BCUT2D eigenvalue weighted by Gasteiger charge is -2.21. The lowest BCUT2D eigenvalue weighted by atomic mass is 10.0.